The highest BCUT2D eigenvalue weighted by Gasteiger charge is 2.33. The third-order valence-corrected chi connectivity index (χ3v) is 7.59. The van der Waals surface area contributed by atoms with Crippen LogP contribution in [0.5, 0.6) is 0 Å². The van der Waals surface area contributed by atoms with Crippen molar-refractivity contribution in [2.24, 2.45) is 0 Å². The van der Waals surface area contributed by atoms with Crippen molar-refractivity contribution in [2.75, 3.05) is 25.4 Å². The van der Waals surface area contributed by atoms with Crippen molar-refractivity contribution in [3.05, 3.63) is 21.4 Å². The first kappa shape index (κ1) is 19.9. The van der Waals surface area contributed by atoms with Crippen molar-refractivity contribution in [3.63, 3.8) is 0 Å². The number of aryl methyl sites for hydroxylation is 2. The van der Waals surface area contributed by atoms with Gasteiger partial charge in [-0.15, -0.1) is 11.3 Å². The summed E-state index contributed by atoms with van der Waals surface area (Å²) < 4.78 is 25.3. The van der Waals surface area contributed by atoms with Gasteiger partial charge in [0.05, 0.1) is 10.6 Å². The van der Waals surface area contributed by atoms with Gasteiger partial charge in [-0.1, -0.05) is 0 Å². The van der Waals surface area contributed by atoms with Crippen LogP contribution in [0.4, 0.5) is 0 Å². The quantitative estimate of drug-likeness (QED) is 0.800. The van der Waals surface area contributed by atoms with Crippen LogP contribution in [0.3, 0.4) is 0 Å². The van der Waals surface area contributed by atoms with Gasteiger partial charge in [-0.3, -0.25) is 9.59 Å². The van der Waals surface area contributed by atoms with Crippen LogP contribution >= 0.6 is 11.3 Å². The maximum Gasteiger partial charge on any atom is 0.323 e. The molecular formula is C16H24N2O5S2. The SMILES string of the molecule is CCS(=O)(=O)N1CCC(N(CC(=O)O)C(=O)c2cc(C)c(C)s2)CC1. The second kappa shape index (κ2) is 7.84. The molecule has 1 fully saturated rings. The van der Waals surface area contributed by atoms with Gasteiger partial charge < -0.3 is 10.0 Å². The Hall–Kier alpha value is -1.45. The zero-order valence-corrected chi connectivity index (χ0v) is 16.3. The van der Waals surface area contributed by atoms with Crippen LogP contribution in [0.1, 0.15) is 39.9 Å². The van der Waals surface area contributed by atoms with Crippen molar-refractivity contribution < 1.29 is 23.1 Å². The number of carbonyl (C=O) groups excluding carboxylic acids is 1. The number of sulfonamides is 1. The van der Waals surface area contributed by atoms with E-state index in [1.165, 1.54) is 20.5 Å². The summed E-state index contributed by atoms with van der Waals surface area (Å²) in [5.41, 5.74) is 1.01. The summed E-state index contributed by atoms with van der Waals surface area (Å²) >= 11 is 1.36. The lowest BCUT2D eigenvalue weighted by molar-refractivity contribution is -0.138. The molecule has 1 aromatic rings. The molecule has 0 aliphatic carbocycles. The zero-order chi connectivity index (χ0) is 18.8. The molecule has 0 atom stereocenters. The molecule has 1 aliphatic rings. The molecule has 25 heavy (non-hydrogen) atoms. The second-order valence-electron chi connectivity index (χ2n) is 6.21. The highest BCUT2D eigenvalue weighted by molar-refractivity contribution is 7.89. The number of nitrogens with zero attached hydrogens (tertiary/aromatic N) is 2. The molecule has 2 heterocycles. The fourth-order valence-electron chi connectivity index (χ4n) is 2.95. The van der Waals surface area contributed by atoms with Gasteiger partial charge in [0.25, 0.3) is 5.91 Å². The van der Waals surface area contributed by atoms with E-state index in [0.717, 1.165) is 10.4 Å². The second-order valence-corrected chi connectivity index (χ2v) is 9.72. The van der Waals surface area contributed by atoms with Crippen molar-refractivity contribution >= 4 is 33.2 Å². The monoisotopic (exact) mass is 388 g/mol. The number of carbonyl (C=O) groups is 2. The summed E-state index contributed by atoms with van der Waals surface area (Å²) in [6.45, 7) is 5.69. The molecule has 0 saturated carbocycles. The summed E-state index contributed by atoms with van der Waals surface area (Å²) in [6, 6.07) is 1.52. The Labute approximate surface area is 152 Å². The molecule has 7 nitrogen and oxygen atoms in total. The van der Waals surface area contributed by atoms with Gasteiger partial charge in [-0.25, -0.2) is 12.7 Å². The Morgan fingerprint density at radius 1 is 1.32 bits per heavy atom. The van der Waals surface area contributed by atoms with E-state index in [0.29, 0.717) is 30.8 Å². The number of aliphatic carboxylic acids is 1. The lowest BCUT2D eigenvalue weighted by atomic mass is 10.0. The topological polar surface area (TPSA) is 95.0 Å². The molecule has 1 aromatic heterocycles. The highest BCUT2D eigenvalue weighted by Crippen LogP contribution is 2.26. The maximum atomic E-state index is 12.8. The molecule has 9 heteroatoms. The van der Waals surface area contributed by atoms with Gasteiger partial charge in [-0.2, -0.15) is 0 Å². The average Bonchev–Trinajstić information content (AvgIpc) is 2.91. The molecule has 0 spiro atoms. The van der Waals surface area contributed by atoms with Crippen LogP contribution in [-0.2, 0) is 14.8 Å². The largest absolute Gasteiger partial charge is 0.480 e. The normalized spacial score (nSPS) is 16.8. The van der Waals surface area contributed by atoms with Crippen LogP contribution in [0.15, 0.2) is 6.07 Å². The number of carboxylic acid groups (broad SMARTS) is 1. The zero-order valence-electron chi connectivity index (χ0n) is 14.7. The van der Waals surface area contributed by atoms with Crippen LogP contribution < -0.4 is 0 Å². The number of thiophene rings is 1. The van der Waals surface area contributed by atoms with Crippen LogP contribution in [0.25, 0.3) is 0 Å². The lowest BCUT2D eigenvalue weighted by Crippen LogP contribution is -2.50. The summed E-state index contributed by atoms with van der Waals surface area (Å²) in [7, 11) is -3.25. The predicted molar refractivity (Wildman–Crippen MR) is 96.5 cm³/mol. The molecule has 2 rings (SSSR count). The molecule has 0 bridgehead atoms. The predicted octanol–water partition coefficient (Wildman–Crippen LogP) is 1.71. The third kappa shape index (κ3) is 4.59. The molecule has 0 aromatic carbocycles. The number of amides is 1. The van der Waals surface area contributed by atoms with Gasteiger partial charge in [0, 0.05) is 24.0 Å². The Morgan fingerprint density at radius 3 is 2.36 bits per heavy atom. The van der Waals surface area contributed by atoms with E-state index in [9.17, 15) is 23.1 Å². The molecule has 1 amide bonds. The van der Waals surface area contributed by atoms with E-state index >= 15 is 0 Å². The van der Waals surface area contributed by atoms with Crippen molar-refractivity contribution in [1.82, 2.24) is 9.21 Å². The van der Waals surface area contributed by atoms with Crippen LogP contribution in [0.2, 0.25) is 0 Å². The van der Waals surface area contributed by atoms with Gasteiger partial charge in [0.2, 0.25) is 10.0 Å². The Bertz CT molecular complexity index is 729. The van der Waals surface area contributed by atoms with Crippen molar-refractivity contribution in [2.45, 2.75) is 39.7 Å². The Balaban J connectivity index is 2.16. The molecule has 0 radical (unpaired) electrons. The van der Waals surface area contributed by atoms with Gasteiger partial charge in [0.1, 0.15) is 6.54 Å². The van der Waals surface area contributed by atoms with E-state index in [1.54, 1.807) is 13.0 Å². The first-order chi connectivity index (χ1) is 11.7. The van der Waals surface area contributed by atoms with E-state index < -0.39 is 16.0 Å². The first-order valence-corrected chi connectivity index (χ1v) is 10.7. The van der Waals surface area contributed by atoms with Gasteiger partial charge in [0.15, 0.2) is 0 Å². The number of piperidine rings is 1. The molecular weight excluding hydrogens is 364 g/mol. The van der Waals surface area contributed by atoms with Crippen LogP contribution in [0, 0.1) is 13.8 Å². The first-order valence-electron chi connectivity index (χ1n) is 8.23. The molecule has 1 saturated heterocycles. The minimum Gasteiger partial charge on any atom is -0.480 e. The van der Waals surface area contributed by atoms with Crippen LogP contribution in [-0.4, -0.2) is 66.0 Å². The molecule has 0 unspecified atom stereocenters. The molecule has 140 valence electrons. The van der Waals surface area contributed by atoms with Gasteiger partial charge >= 0.3 is 5.97 Å². The number of rotatable bonds is 6. The van der Waals surface area contributed by atoms with E-state index in [4.69, 9.17) is 0 Å². The number of hydrogen-bond acceptors (Lipinski definition) is 5. The average molecular weight is 389 g/mol. The smallest absolute Gasteiger partial charge is 0.323 e. The Kier molecular flexibility index (Phi) is 6.23. The third-order valence-electron chi connectivity index (χ3n) is 4.57. The number of carboxylic acids is 1. The molecule has 1 N–H and O–H groups in total. The standard InChI is InChI=1S/C16H24N2O5S2/c1-4-25(22,23)17-7-5-13(6-8-17)18(10-15(19)20)16(21)14-9-11(2)12(3)24-14/h9,13H,4-8,10H2,1-3H3,(H,19,20). The van der Waals surface area contributed by atoms with Crippen molar-refractivity contribution in [1.29, 1.82) is 0 Å². The Morgan fingerprint density at radius 2 is 1.92 bits per heavy atom. The maximum absolute atomic E-state index is 12.8. The number of hydrogen-bond donors (Lipinski definition) is 1. The fraction of sp³-hybridized carbons (Fsp3) is 0.625. The summed E-state index contributed by atoms with van der Waals surface area (Å²) in [4.78, 5) is 27.0. The summed E-state index contributed by atoms with van der Waals surface area (Å²) in [5.74, 6) is -1.31. The van der Waals surface area contributed by atoms with E-state index in [1.807, 2.05) is 13.8 Å². The van der Waals surface area contributed by atoms with Crippen molar-refractivity contribution in [3.8, 4) is 0 Å². The summed E-state index contributed by atoms with van der Waals surface area (Å²) in [6.07, 6.45) is 0.892. The van der Waals surface area contributed by atoms with Gasteiger partial charge in [-0.05, 0) is 45.2 Å². The van der Waals surface area contributed by atoms with E-state index in [-0.39, 0.29) is 24.2 Å². The minimum atomic E-state index is -3.25. The van der Waals surface area contributed by atoms with E-state index in [2.05, 4.69) is 0 Å². The summed E-state index contributed by atoms with van der Waals surface area (Å²) in [5, 5.41) is 9.19. The fourth-order valence-corrected chi connectivity index (χ4v) is 5.07. The highest BCUT2D eigenvalue weighted by atomic mass is 32.2. The lowest BCUT2D eigenvalue weighted by Gasteiger charge is -2.37. The minimum absolute atomic E-state index is 0.0448. The molecule has 1 aliphatic heterocycles.